The van der Waals surface area contributed by atoms with Crippen LogP contribution in [0.25, 0.3) is 0 Å². The van der Waals surface area contributed by atoms with E-state index in [1.807, 2.05) is 6.07 Å². The molecule has 0 radical (unpaired) electrons. The zero-order chi connectivity index (χ0) is 11.9. The minimum Gasteiger partial charge on any atom is -0.481 e. The molecule has 2 fully saturated rings. The van der Waals surface area contributed by atoms with Crippen molar-refractivity contribution in [2.24, 2.45) is 11.3 Å². The first kappa shape index (κ1) is 10.8. The smallest absolute Gasteiger partial charge is 0.307 e. The van der Waals surface area contributed by atoms with Gasteiger partial charge in [0, 0.05) is 13.1 Å². The SMILES string of the molecule is O=C(O)C1CC12CCN(Cc1ccccc1)C2. The first-order chi connectivity index (χ1) is 8.20. The summed E-state index contributed by atoms with van der Waals surface area (Å²) in [5.41, 5.74) is 1.43. The molecule has 90 valence electrons. The Hall–Kier alpha value is -1.35. The van der Waals surface area contributed by atoms with E-state index in [9.17, 15) is 4.79 Å². The summed E-state index contributed by atoms with van der Waals surface area (Å²) in [6.07, 6.45) is 1.93. The summed E-state index contributed by atoms with van der Waals surface area (Å²) < 4.78 is 0. The number of hydrogen-bond donors (Lipinski definition) is 1. The van der Waals surface area contributed by atoms with Crippen molar-refractivity contribution in [3.63, 3.8) is 0 Å². The first-order valence-electron chi connectivity index (χ1n) is 6.19. The highest BCUT2D eigenvalue weighted by Gasteiger charge is 2.60. The maximum atomic E-state index is 11.0. The molecule has 1 saturated heterocycles. The van der Waals surface area contributed by atoms with Crippen molar-refractivity contribution in [2.45, 2.75) is 19.4 Å². The Balaban J connectivity index is 1.61. The van der Waals surface area contributed by atoms with E-state index in [0.29, 0.717) is 0 Å². The second-order valence-electron chi connectivity index (χ2n) is 5.40. The Morgan fingerprint density at radius 2 is 2.18 bits per heavy atom. The first-order valence-corrected chi connectivity index (χ1v) is 6.19. The van der Waals surface area contributed by atoms with Crippen molar-refractivity contribution in [3.8, 4) is 0 Å². The highest BCUT2D eigenvalue weighted by atomic mass is 16.4. The largest absolute Gasteiger partial charge is 0.481 e. The van der Waals surface area contributed by atoms with Crippen LogP contribution in [0.2, 0.25) is 0 Å². The standard InChI is InChI=1S/C14H17NO2/c16-13(17)12-8-14(12)6-7-15(10-14)9-11-4-2-1-3-5-11/h1-5,12H,6-10H2,(H,16,17). The van der Waals surface area contributed by atoms with Gasteiger partial charge in [0.05, 0.1) is 5.92 Å². The topological polar surface area (TPSA) is 40.5 Å². The molecule has 0 bridgehead atoms. The molecule has 0 aromatic heterocycles. The van der Waals surface area contributed by atoms with Crippen molar-refractivity contribution in [2.75, 3.05) is 13.1 Å². The molecule has 1 aliphatic carbocycles. The van der Waals surface area contributed by atoms with E-state index in [0.717, 1.165) is 32.5 Å². The zero-order valence-corrected chi connectivity index (χ0v) is 9.80. The van der Waals surface area contributed by atoms with Gasteiger partial charge in [-0.2, -0.15) is 0 Å². The van der Waals surface area contributed by atoms with Gasteiger partial charge in [-0.1, -0.05) is 30.3 Å². The summed E-state index contributed by atoms with van der Waals surface area (Å²) in [4.78, 5) is 13.4. The number of rotatable bonds is 3. The van der Waals surface area contributed by atoms with Crippen LogP contribution in [-0.2, 0) is 11.3 Å². The molecule has 0 amide bonds. The Labute approximate surface area is 101 Å². The van der Waals surface area contributed by atoms with E-state index in [1.165, 1.54) is 5.56 Å². The van der Waals surface area contributed by atoms with Crippen molar-refractivity contribution < 1.29 is 9.90 Å². The summed E-state index contributed by atoms with van der Waals surface area (Å²) in [5.74, 6) is -0.685. The van der Waals surface area contributed by atoms with Crippen LogP contribution in [0.3, 0.4) is 0 Å². The molecule has 1 aliphatic heterocycles. The lowest BCUT2D eigenvalue weighted by Gasteiger charge is -2.15. The van der Waals surface area contributed by atoms with E-state index in [4.69, 9.17) is 5.11 Å². The molecule has 1 saturated carbocycles. The van der Waals surface area contributed by atoms with Crippen molar-refractivity contribution in [1.82, 2.24) is 4.90 Å². The third-order valence-corrected chi connectivity index (χ3v) is 4.20. The van der Waals surface area contributed by atoms with Gasteiger partial charge in [-0.05, 0) is 30.4 Å². The van der Waals surface area contributed by atoms with Crippen LogP contribution in [-0.4, -0.2) is 29.1 Å². The van der Waals surface area contributed by atoms with Crippen LogP contribution in [0.1, 0.15) is 18.4 Å². The third-order valence-electron chi connectivity index (χ3n) is 4.20. The molecule has 2 unspecified atom stereocenters. The van der Waals surface area contributed by atoms with Gasteiger partial charge in [-0.3, -0.25) is 9.69 Å². The highest BCUT2D eigenvalue weighted by Crippen LogP contribution is 2.58. The fourth-order valence-electron chi connectivity index (χ4n) is 3.11. The maximum absolute atomic E-state index is 11.0. The number of carboxylic acids is 1. The van der Waals surface area contributed by atoms with Crippen LogP contribution >= 0.6 is 0 Å². The van der Waals surface area contributed by atoms with Gasteiger partial charge < -0.3 is 5.11 Å². The molecule has 17 heavy (non-hydrogen) atoms. The monoisotopic (exact) mass is 231 g/mol. The average molecular weight is 231 g/mol. The number of benzene rings is 1. The van der Waals surface area contributed by atoms with Crippen LogP contribution < -0.4 is 0 Å². The van der Waals surface area contributed by atoms with Crippen LogP contribution in [0.5, 0.6) is 0 Å². The Morgan fingerprint density at radius 3 is 2.82 bits per heavy atom. The van der Waals surface area contributed by atoms with Crippen LogP contribution in [0.15, 0.2) is 30.3 Å². The van der Waals surface area contributed by atoms with E-state index in [2.05, 4.69) is 29.2 Å². The quantitative estimate of drug-likeness (QED) is 0.864. The summed E-state index contributed by atoms with van der Waals surface area (Å²) in [5, 5.41) is 9.04. The molecule has 1 aromatic carbocycles. The number of carbonyl (C=O) groups is 1. The summed E-state index contributed by atoms with van der Waals surface area (Å²) >= 11 is 0. The predicted octanol–water partition coefficient (Wildman–Crippen LogP) is 1.98. The van der Waals surface area contributed by atoms with Gasteiger partial charge in [0.25, 0.3) is 0 Å². The number of hydrogen-bond acceptors (Lipinski definition) is 2. The molecular formula is C14H17NO2. The molecule has 1 heterocycles. The molecule has 2 aliphatic rings. The Morgan fingerprint density at radius 1 is 1.41 bits per heavy atom. The van der Waals surface area contributed by atoms with Gasteiger partial charge in [-0.15, -0.1) is 0 Å². The summed E-state index contributed by atoms with van der Waals surface area (Å²) in [6.45, 7) is 2.95. The number of carboxylic acid groups (broad SMARTS) is 1. The molecule has 3 nitrogen and oxygen atoms in total. The van der Waals surface area contributed by atoms with Crippen LogP contribution in [0.4, 0.5) is 0 Å². The predicted molar refractivity (Wildman–Crippen MR) is 64.5 cm³/mol. The molecule has 3 rings (SSSR count). The van der Waals surface area contributed by atoms with Crippen molar-refractivity contribution in [1.29, 1.82) is 0 Å². The zero-order valence-electron chi connectivity index (χ0n) is 9.80. The van der Waals surface area contributed by atoms with Crippen molar-refractivity contribution in [3.05, 3.63) is 35.9 Å². The second-order valence-corrected chi connectivity index (χ2v) is 5.40. The number of likely N-dealkylation sites (tertiary alicyclic amines) is 1. The van der Waals surface area contributed by atoms with E-state index >= 15 is 0 Å². The van der Waals surface area contributed by atoms with Gasteiger partial charge in [0.15, 0.2) is 0 Å². The normalized spacial score (nSPS) is 31.9. The molecule has 1 aromatic rings. The lowest BCUT2D eigenvalue weighted by atomic mass is 10.0. The number of nitrogens with zero attached hydrogens (tertiary/aromatic N) is 1. The van der Waals surface area contributed by atoms with Gasteiger partial charge in [0.2, 0.25) is 0 Å². The lowest BCUT2D eigenvalue weighted by Crippen LogP contribution is -2.21. The molecule has 1 spiro atoms. The summed E-state index contributed by atoms with van der Waals surface area (Å²) in [6, 6.07) is 10.4. The van der Waals surface area contributed by atoms with Gasteiger partial charge >= 0.3 is 5.97 Å². The third kappa shape index (κ3) is 1.95. The molecular weight excluding hydrogens is 214 g/mol. The Bertz CT molecular complexity index is 431. The van der Waals surface area contributed by atoms with Gasteiger partial charge in [0.1, 0.15) is 0 Å². The minimum atomic E-state index is -0.605. The van der Waals surface area contributed by atoms with E-state index in [1.54, 1.807) is 0 Å². The molecule has 3 heteroatoms. The average Bonchev–Trinajstić information content (AvgIpc) is 2.88. The van der Waals surface area contributed by atoms with E-state index in [-0.39, 0.29) is 11.3 Å². The van der Waals surface area contributed by atoms with E-state index < -0.39 is 5.97 Å². The second kappa shape index (κ2) is 3.84. The highest BCUT2D eigenvalue weighted by molar-refractivity contribution is 5.75. The maximum Gasteiger partial charge on any atom is 0.307 e. The molecule has 2 atom stereocenters. The fraction of sp³-hybridized carbons (Fsp3) is 0.500. The van der Waals surface area contributed by atoms with Crippen molar-refractivity contribution >= 4 is 5.97 Å². The number of aliphatic carboxylic acids is 1. The lowest BCUT2D eigenvalue weighted by molar-refractivity contribution is -0.139. The minimum absolute atomic E-state index is 0.0803. The summed E-state index contributed by atoms with van der Waals surface area (Å²) in [7, 11) is 0. The molecule has 1 N–H and O–H groups in total. The fourth-order valence-corrected chi connectivity index (χ4v) is 3.11. The van der Waals surface area contributed by atoms with Crippen LogP contribution in [0, 0.1) is 11.3 Å². The Kier molecular flexibility index (Phi) is 2.44. The van der Waals surface area contributed by atoms with Gasteiger partial charge in [-0.25, -0.2) is 0 Å².